The number of amides is 1. The molecule has 1 atom stereocenters. The van der Waals surface area contributed by atoms with Crippen molar-refractivity contribution in [1.29, 1.82) is 0 Å². The summed E-state index contributed by atoms with van der Waals surface area (Å²) in [5.41, 5.74) is 0.758. The van der Waals surface area contributed by atoms with E-state index in [1.54, 1.807) is 0 Å². The third-order valence-electron chi connectivity index (χ3n) is 4.80. The van der Waals surface area contributed by atoms with E-state index in [2.05, 4.69) is 15.2 Å². The Morgan fingerprint density at radius 3 is 2.75 bits per heavy atom. The standard InChI is InChI=1S/C16H19N3O/c20-16(12-1-2-13-8-17-9-14(13)7-12)18-15-10-19-5-3-11(15)4-6-19/h1-2,7-9,11,15,17H,3-6,10H2,(H,18,20)/t15-/m0/s1. The van der Waals surface area contributed by atoms with Crippen molar-refractivity contribution < 1.29 is 4.79 Å². The van der Waals surface area contributed by atoms with Gasteiger partial charge >= 0.3 is 0 Å². The lowest BCUT2D eigenvalue weighted by Crippen LogP contribution is -2.57. The van der Waals surface area contributed by atoms with Crippen LogP contribution in [0.2, 0.25) is 0 Å². The highest BCUT2D eigenvalue weighted by atomic mass is 16.1. The van der Waals surface area contributed by atoms with E-state index in [0.29, 0.717) is 12.0 Å². The van der Waals surface area contributed by atoms with Crippen LogP contribution in [0.15, 0.2) is 30.6 Å². The minimum atomic E-state index is 0.0619. The van der Waals surface area contributed by atoms with E-state index < -0.39 is 0 Å². The molecule has 3 aliphatic rings. The first-order valence-electron chi connectivity index (χ1n) is 7.39. The van der Waals surface area contributed by atoms with E-state index in [1.165, 1.54) is 25.9 Å². The number of aromatic nitrogens is 1. The number of fused-ring (bicyclic) bond motifs is 4. The summed E-state index contributed by atoms with van der Waals surface area (Å²) in [5, 5.41) is 5.47. The summed E-state index contributed by atoms with van der Waals surface area (Å²) in [6.45, 7) is 3.42. The van der Waals surface area contributed by atoms with Gasteiger partial charge in [0.05, 0.1) is 0 Å². The Morgan fingerprint density at radius 2 is 2.00 bits per heavy atom. The smallest absolute Gasteiger partial charge is 0.251 e. The van der Waals surface area contributed by atoms with Gasteiger partial charge in [-0.1, -0.05) is 6.07 Å². The van der Waals surface area contributed by atoms with Crippen LogP contribution in [0.5, 0.6) is 0 Å². The van der Waals surface area contributed by atoms with E-state index in [-0.39, 0.29) is 5.91 Å². The Bertz CT molecular complexity index is 640. The van der Waals surface area contributed by atoms with Gasteiger partial charge in [0.15, 0.2) is 0 Å². The highest BCUT2D eigenvalue weighted by Crippen LogP contribution is 2.27. The lowest BCUT2D eigenvalue weighted by molar-refractivity contribution is 0.0620. The second-order valence-corrected chi connectivity index (χ2v) is 6.02. The minimum absolute atomic E-state index is 0.0619. The molecule has 0 radical (unpaired) electrons. The van der Waals surface area contributed by atoms with Gasteiger partial charge in [0.2, 0.25) is 0 Å². The second-order valence-electron chi connectivity index (χ2n) is 6.02. The number of aromatic amines is 1. The normalized spacial score (nSPS) is 28.7. The Hall–Kier alpha value is -1.81. The fourth-order valence-corrected chi connectivity index (χ4v) is 3.57. The van der Waals surface area contributed by atoms with Gasteiger partial charge in [-0.3, -0.25) is 4.79 Å². The molecule has 3 fully saturated rings. The maximum atomic E-state index is 12.4. The summed E-state index contributed by atoms with van der Waals surface area (Å²) < 4.78 is 0. The van der Waals surface area contributed by atoms with Gasteiger partial charge in [-0.05, 0) is 54.8 Å². The average molecular weight is 269 g/mol. The van der Waals surface area contributed by atoms with Crippen LogP contribution in [-0.2, 0) is 0 Å². The maximum absolute atomic E-state index is 12.4. The first-order chi connectivity index (χ1) is 9.79. The van der Waals surface area contributed by atoms with Crippen molar-refractivity contribution in [3.05, 3.63) is 36.2 Å². The highest BCUT2D eigenvalue weighted by Gasteiger charge is 2.34. The summed E-state index contributed by atoms with van der Waals surface area (Å²) >= 11 is 0. The van der Waals surface area contributed by atoms with Crippen LogP contribution in [0.1, 0.15) is 23.2 Å². The summed E-state index contributed by atoms with van der Waals surface area (Å²) in [5.74, 6) is 0.729. The molecular formula is C16H19N3O. The molecule has 4 nitrogen and oxygen atoms in total. The molecule has 4 heteroatoms. The van der Waals surface area contributed by atoms with E-state index in [4.69, 9.17) is 0 Å². The molecule has 104 valence electrons. The fraction of sp³-hybridized carbons (Fsp3) is 0.438. The third-order valence-corrected chi connectivity index (χ3v) is 4.80. The summed E-state index contributed by atoms with van der Waals surface area (Å²) in [4.78, 5) is 17.9. The molecule has 5 rings (SSSR count). The quantitative estimate of drug-likeness (QED) is 0.876. The zero-order valence-corrected chi connectivity index (χ0v) is 11.4. The van der Waals surface area contributed by atoms with Crippen molar-refractivity contribution in [3.63, 3.8) is 0 Å². The number of benzene rings is 1. The van der Waals surface area contributed by atoms with Gasteiger partial charge in [0.25, 0.3) is 5.91 Å². The van der Waals surface area contributed by atoms with E-state index >= 15 is 0 Å². The van der Waals surface area contributed by atoms with Crippen molar-refractivity contribution >= 4 is 16.7 Å². The molecule has 3 aliphatic heterocycles. The first kappa shape index (κ1) is 12.0. The highest BCUT2D eigenvalue weighted by molar-refractivity contribution is 5.98. The molecule has 4 heterocycles. The van der Waals surface area contributed by atoms with Crippen LogP contribution in [0.25, 0.3) is 10.8 Å². The lowest BCUT2D eigenvalue weighted by Gasteiger charge is -2.44. The van der Waals surface area contributed by atoms with Crippen LogP contribution in [0.3, 0.4) is 0 Å². The first-order valence-corrected chi connectivity index (χ1v) is 7.39. The zero-order valence-electron chi connectivity index (χ0n) is 11.4. The number of hydrogen-bond donors (Lipinski definition) is 2. The summed E-state index contributed by atoms with van der Waals surface area (Å²) in [6, 6.07) is 6.19. The largest absolute Gasteiger partial charge is 0.366 e. The van der Waals surface area contributed by atoms with Gasteiger partial charge in [-0.2, -0.15) is 0 Å². The molecule has 1 aromatic carbocycles. The topological polar surface area (TPSA) is 48.1 Å². The molecule has 1 aromatic heterocycles. The van der Waals surface area contributed by atoms with Crippen molar-refractivity contribution in [1.82, 2.24) is 15.2 Å². The summed E-state index contributed by atoms with van der Waals surface area (Å²) in [7, 11) is 0. The molecule has 3 saturated heterocycles. The maximum Gasteiger partial charge on any atom is 0.251 e. The monoisotopic (exact) mass is 269 g/mol. The summed E-state index contributed by atoms with van der Waals surface area (Å²) in [6.07, 6.45) is 6.33. The Labute approximate surface area is 118 Å². The minimum Gasteiger partial charge on any atom is -0.366 e. The van der Waals surface area contributed by atoms with E-state index in [9.17, 15) is 4.79 Å². The van der Waals surface area contributed by atoms with Crippen molar-refractivity contribution in [2.75, 3.05) is 19.6 Å². The van der Waals surface area contributed by atoms with Crippen molar-refractivity contribution in [2.24, 2.45) is 5.92 Å². The Kier molecular flexibility index (Phi) is 2.77. The van der Waals surface area contributed by atoms with Gasteiger partial charge in [-0.15, -0.1) is 0 Å². The predicted molar refractivity (Wildman–Crippen MR) is 78.7 cm³/mol. The SMILES string of the molecule is O=C(N[C@H]1CN2CCC1CC2)c1ccc2c[nH]cc2c1. The second kappa shape index (κ2) is 4.63. The Morgan fingerprint density at radius 1 is 1.20 bits per heavy atom. The van der Waals surface area contributed by atoms with Crippen LogP contribution >= 0.6 is 0 Å². The average Bonchev–Trinajstić information content (AvgIpc) is 2.96. The number of carbonyl (C=O) groups is 1. The lowest BCUT2D eigenvalue weighted by atomic mass is 9.84. The molecule has 0 aliphatic carbocycles. The van der Waals surface area contributed by atoms with Crippen LogP contribution < -0.4 is 5.32 Å². The molecule has 0 unspecified atom stereocenters. The van der Waals surface area contributed by atoms with Crippen molar-refractivity contribution in [2.45, 2.75) is 18.9 Å². The van der Waals surface area contributed by atoms with Crippen LogP contribution in [-0.4, -0.2) is 41.5 Å². The predicted octanol–water partition coefficient (Wildman–Crippen LogP) is 1.99. The van der Waals surface area contributed by atoms with Gasteiger partial charge < -0.3 is 15.2 Å². The third kappa shape index (κ3) is 2.00. The number of carbonyl (C=O) groups excluding carboxylic acids is 1. The van der Waals surface area contributed by atoms with Crippen LogP contribution in [0.4, 0.5) is 0 Å². The molecular weight excluding hydrogens is 250 g/mol. The van der Waals surface area contributed by atoms with Gasteiger partial charge in [-0.25, -0.2) is 0 Å². The molecule has 0 saturated carbocycles. The molecule has 2 bridgehead atoms. The molecule has 0 spiro atoms. The van der Waals surface area contributed by atoms with E-state index in [0.717, 1.165) is 22.9 Å². The van der Waals surface area contributed by atoms with Crippen LogP contribution in [0, 0.1) is 5.92 Å². The Balaban J connectivity index is 1.52. The van der Waals surface area contributed by atoms with E-state index in [1.807, 2.05) is 30.6 Å². The number of piperidine rings is 3. The fourth-order valence-electron chi connectivity index (χ4n) is 3.57. The molecule has 2 N–H and O–H groups in total. The van der Waals surface area contributed by atoms with Gasteiger partial charge in [0, 0.05) is 30.5 Å². The number of hydrogen-bond acceptors (Lipinski definition) is 2. The number of nitrogens with one attached hydrogen (secondary N) is 2. The molecule has 20 heavy (non-hydrogen) atoms. The van der Waals surface area contributed by atoms with Gasteiger partial charge in [0.1, 0.15) is 0 Å². The molecule has 2 aromatic rings. The molecule has 1 amide bonds. The number of H-pyrrole nitrogens is 1. The number of nitrogens with zero attached hydrogens (tertiary/aromatic N) is 1. The zero-order chi connectivity index (χ0) is 13.5. The van der Waals surface area contributed by atoms with Crippen molar-refractivity contribution in [3.8, 4) is 0 Å². The number of rotatable bonds is 2.